The van der Waals surface area contributed by atoms with Crippen LogP contribution in [0.3, 0.4) is 0 Å². The lowest BCUT2D eigenvalue weighted by Crippen LogP contribution is -2.55. The second-order valence-electron chi connectivity index (χ2n) is 6.15. The summed E-state index contributed by atoms with van der Waals surface area (Å²) >= 11 is 1.82. The van der Waals surface area contributed by atoms with Gasteiger partial charge in [-0.05, 0) is 19.1 Å². The van der Waals surface area contributed by atoms with E-state index in [1.54, 1.807) is 11.8 Å². The van der Waals surface area contributed by atoms with E-state index in [4.69, 9.17) is 0 Å². The molecule has 2 N–H and O–H groups in total. The molecule has 23 heavy (non-hydrogen) atoms. The third-order valence-electron chi connectivity index (χ3n) is 4.24. The zero-order valence-electron chi connectivity index (χ0n) is 13.0. The van der Waals surface area contributed by atoms with Gasteiger partial charge in [-0.1, -0.05) is 0 Å². The third kappa shape index (κ3) is 3.57. The number of hydrogen-bond donors (Lipinski definition) is 2. The summed E-state index contributed by atoms with van der Waals surface area (Å²) < 4.78 is 0. The molecule has 124 valence electrons. The van der Waals surface area contributed by atoms with E-state index in [9.17, 15) is 14.4 Å². The second kappa shape index (κ2) is 6.74. The molecule has 0 saturated carbocycles. The molecule has 7 nitrogen and oxygen atoms in total. The highest BCUT2D eigenvalue weighted by Gasteiger charge is 2.33. The summed E-state index contributed by atoms with van der Waals surface area (Å²) in [7, 11) is 0. The summed E-state index contributed by atoms with van der Waals surface area (Å²) in [5, 5.41) is 9.45. The van der Waals surface area contributed by atoms with Crippen molar-refractivity contribution < 1.29 is 9.59 Å². The van der Waals surface area contributed by atoms with Crippen LogP contribution in [0, 0.1) is 18.8 Å². The van der Waals surface area contributed by atoms with Crippen molar-refractivity contribution in [1.82, 2.24) is 20.4 Å². The Morgan fingerprint density at radius 1 is 1.48 bits per heavy atom. The Bertz CT molecular complexity index is 663. The quantitative estimate of drug-likeness (QED) is 0.808. The molecule has 1 aromatic rings. The summed E-state index contributed by atoms with van der Waals surface area (Å²) in [4.78, 5) is 37.5. The molecule has 3 rings (SSSR count). The lowest BCUT2D eigenvalue weighted by Gasteiger charge is -2.39. The van der Waals surface area contributed by atoms with Crippen LogP contribution in [-0.2, 0) is 4.79 Å². The van der Waals surface area contributed by atoms with Gasteiger partial charge in [-0.2, -0.15) is 16.9 Å². The summed E-state index contributed by atoms with van der Waals surface area (Å²) in [5.41, 5.74) is 0.198. The van der Waals surface area contributed by atoms with Crippen molar-refractivity contribution in [2.75, 3.05) is 31.1 Å². The molecule has 2 aliphatic rings. The van der Waals surface area contributed by atoms with Crippen LogP contribution in [0.25, 0.3) is 0 Å². The molecule has 0 aliphatic carbocycles. The Kier molecular flexibility index (Phi) is 4.70. The van der Waals surface area contributed by atoms with E-state index in [1.165, 1.54) is 6.07 Å². The van der Waals surface area contributed by atoms with Gasteiger partial charge in [0.1, 0.15) is 0 Å². The number of hydrogen-bond acceptors (Lipinski definition) is 5. The first-order chi connectivity index (χ1) is 11.0. The number of nitrogens with zero attached hydrogens (tertiary/aromatic N) is 2. The Labute approximate surface area is 138 Å². The predicted octanol–water partition coefficient (Wildman–Crippen LogP) is 0.0196. The molecule has 0 spiro atoms. The fraction of sp³-hybridized carbons (Fsp3) is 0.600. The Balaban J connectivity index is 1.46. The second-order valence-corrected chi connectivity index (χ2v) is 7.30. The summed E-state index contributed by atoms with van der Waals surface area (Å²) in [5.74, 6) is 2.12. The van der Waals surface area contributed by atoms with Crippen LogP contribution in [0.1, 0.15) is 22.6 Å². The van der Waals surface area contributed by atoms with E-state index in [-0.39, 0.29) is 34.8 Å². The van der Waals surface area contributed by atoms with E-state index in [0.29, 0.717) is 25.3 Å². The van der Waals surface area contributed by atoms with Crippen LogP contribution in [0.5, 0.6) is 0 Å². The minimum atomic E-state index is -0.360. The maximum Gasteiger partial charge on any atom is 0.278 e. The van der Waals surface area contributed by atoms with Crippen LogP contribution in [0.15, 0.2) is 10.9 Å². The minimum Gasteiger partial charge on any atom is -0.355 e. The largest absolute Gasteiger partial charge is 0.355 e. The van der Waals surface area contributed by atoms with E-state index in [1.807, 2.05) is 11.8 Å². The van der Waals surface area contributed by atoms with Crippen LogP contribution in [0.2, 0.25) is 0 Å². The van der Waals surface area contributed by atoms with Crippen molar-refractivity contribution >= 4 is 23.6 Å². The summed E-state index contributed by atoms with van der Waals surface area (Å²) in [6.45, 7) is 3.40. The Morgan fingerprint density at radius 3 is 2.91 bits per heavy atom. The molecule has 8 heteroatoms. The fourth-order valence-corrected chi connectivity index (χ4v) is 4.02. The lowest BCUT2D eigenvalue weighted by atomic mass is 9.99. The lowest BCUT2D eigenvalue weighted by molar-refractivity contribution is -0.124. The van der Waals surface area contributed by atoms with Gasteiger partial charge in [0.25, 0.3) is 5.91 Å². The van der Waals surface area contributed by atoms with E-state index in [0.717, 1.165) is 17.9 Å². The zero-order chi connectivity index (χ0) is 16.4. The fourth-order valence-electron chi connectivity index (χ4n) is 2.79. The Hall–Kier alpha value is -1.83. The molecule has 3 heterocycles. The normalized spacial score (nSPS) is 21.1. The highest BCUT2D eigenvalue weighted by molar-refractivity contribution is 7.99. The molecule has 1 unspecified atom stereocenters. The number of carbonyl (C=O) groups is 2. The van der Waals surface area contributed by atoms with Gasteiger partial charge in [-0.15, -0.1) is 0 Å². The standard InChI is InChI=1S/C15H20N4O3S/c1-9-4-12(20)13(18-17-9)15(22)19-6-10(7-19)5-16-14(21)11-2-3-23-8-11/h4,10-11H,2-3,5-8H2,1H3,(H,16,21)(H,17,20). The van der Waals surface area contributed by atoms with E-state index in [2.05, 4.69) is 15.5 Å². The van der Waals surface area contributed by atoms with Crippen molar-refractivity contribution in [3.8, 4) is 0 Å². The third-order valence-corrected chi connectivity index (χ3v) is 5.40. The van der Waals surface area contributed by atoms with E-state index < -0.39 is 0 Å². The van der Waals surface area contributed by atoms with Gasteiger partial charge >= 0.3 is 0 Å². The highest BCUT2D eigenvalue weighted by Crippen LogP contribution is 2.23. The van der Waals surface area contributed by atoms with Crippen LogP contribution >= 0.6 is 11.8 Å². The molecule has 2 amide bonds. The molecule has 0 radical (unpaired) electrons. The van der Waals surface area contributed by atoms with Crippen molar-refractivity contribution in [2.24, 2.45) is 11.8 Å². The number of rotatable bonds is 4. The predicted molar refractivity (Wildman–Crippen MR) is 87.4 cm³/mol. The van der Waals surface area contributed by atoms with Crippen LogP contribution in [-0.4, -0.2) is 58.1 Å². The monoisotopic (exact) mass is 336 g/mol. The SMILES string of the molecule is Cc1cc(=O)c(C(=O)N2CC(CNC(=O)C3CCSC3)C2)n[nH]1. The molecule has 2 aliphatic heterocycles. The Morgan fingerprint density at radius 2 is 2.26 bits per heavy atom. The summed E-state index contributed by atoms with van der Waals surface area (Å²) in [6, 6.07) is 1.37. The number of aryl methyl sites for hydroxylation is 1. The van der Waals surface area contributed by atoms with Gasteiger partial charge in [-0.25, -0.2) is 0 Å². The number of amides is 2. The van der Waals surface area contributed by atoms with Crippen molar-refractivity contribution in [3.05, 3.63) is 27.7 Å². The average molecular weight is 336 g/mol. The van der Waals surface area contributed by atoms with Crippen LogP contribution in [0.4, 0.5) is 0 Å². The smallest absolute Gasteiger partial charge is 0.278 e. The van der Waals surface area contributed by atoms with Gasteiger partial charge in [0, 0.05) is 49.0 Å². The zero-order valence-corrected chi connectivity index (χ0v) is 13.8. The first kappa shape index (κ1) is 16.0. The van der Waals surface area contributed by atoms with Crippen molar-refractivity contribution in [1.29, 1.82) is 0 Å². The molecular formula is C15H20N4O3S. The maximum absolute atomic E-state index is 12.2. The number of H-pyrrole nitrogens is 1. The van der Waals surface area contributed by atoms with Crippen LogP contribution < -0.4 is 10.7 Å². The van der Waals surface area contributed by atoms with Gasteiger partial charge in [0.05, 0.1) is 0 Å². The number of carbonyl (C=O) groups excluding carboxylic acids is 2. The summed E-state index contributed by atoms with van der Waals surface area (Å²) in [6.07, 6.45) is 0.952. The topological polar surface area (TPSA) is 95.2 Å². The first-order valence-electron chi connectivity index (χ1n) is 7.75. The molecule has 2 fully saturated rings. The van der Waals surface area contributed by atoms with Crippen molar-refractivity contribution in [3.63, 3.8) is 0 Å². The number of thioether (sulfide) groups is 1. The maximum atomic E-state index is 12.2. The molecule has 1 atom stereocenters. The highest BCUT2D eigenvalue weighted by atomic mass is 32.2. The molecule has 0 bridgehead atoms. The van der Waals surface area contributed by atoms with Gasteiger partial charge in [-0.3, -0.25) is 19.5 Å². The number of likely N-dealkylation sites (tertiary alicyclic amines) is 1. The first-order valence-corrected chi connectivity index (χ1v) is 8.91. The average Bonchev–Trinajstić information content (AvgIpc) is 2.99. The van der Waals surface area contributed by atoms with E-state index >= 15 is 0 Å². The number of nitrogens with one attached hydrogen (secondary N) is 2. The van der Waals surface area contributed by atoms with Gasteiger partial charge < -0.3 is 10.2 Å². The number of aromatic amines is 1. The molecule has 0 aromatic carbocycles. The molecular weight excluding hydrogens is 316 g/mol. The number of aromatic nitrogens is 2. The molecule has 1 aromatic heterocycles. The van der Waals surface area contributed by atoms with Gasteiger partial charge in [0.2, 0.25) is 11.3 Å². The van der Waals surface area contributed by atoms with Crippen molar-refractivity contribution in [2.45, 2.75) is 13.3 Å². The minimum absolute atomic E-state index is 0.0685. The molecule has 2 saturated heterocycles. The van der Waals surface area contributed by atoms with Gasteiger partial charge in [0.15, 0.2) is 5.69 Å².